The zero-order valence-corrected chi connectivity index (χ0v) is 18.6. The largest absolute Gasteiger partial charge is 0.433 e. The second-order valence-electron chi connectivity index (χ2n) is 8.14. The molecule has 0 N–H and O–H groups in total. The Morgan fingerprint density at radius 2 is 1.82 bits per heavy atom. The van der Waals surface area contributed by atoms with Crippen molar-refractivity contribution in [1.82, 2.24) is 24.4 Å². The lowest BCUT2D eigenvalue weighted by atomic mass is 9.90. The molecular weight excluding hydrogens is 467 g/mol. The zero-order chi connectivity index (χ0) is 23.9. The van der Waals surface area contributed by atoms with E-state index in [4.69, 9.17) is 11.6 Å². The Balaban J connectivity index is 1.63. The SMILES string of the molecule is O=c1n(Cc2ccc(C(F)(F)F)nc2)nc2c(-c3ccc(Cl)cc3)c(C3=CCCCC3)cnn12. The van der Waals surface area contributed by atoms with Crippen LogP contribution in [0.4, 0.5) is 13.2 Å². The predicted molar refractivity (Wildman–Crippen MR) is 122 cm³/mol. The summed E-state index contributed by atoms with van der Waals surface area (Å²) in [6, 6.07) is 9.46. The summed E-state index contributed by atoms with van der Waals surface area (Å²) in [5.74, 6) is 0. The summed E-state index contributed by atoms with van der Waals surface area (Å²) in [6.45, 7) is -0.0363. The molecule has 0 radical (unpaired) electrons. The molecule has 5 rings (SSSR count). The van der Waals surface area contributed by atoms with Crippen molar-refractivity contribution >= 4 is 22.8 Å². The first-order valence-corrected chi connectivity index (χ1v) is 11.2. The molecule has 34 heavy (non-hydrogen) atoms. The van der Waals surface area contributed by atoms with Crippen molar-refractivity contribution < 1.29 is 13.2 Å². The summed E-state index contributed by atoms with van der Waals surface area (Å²) in [7, 11) is 0. The smallest absolute Gasteiger partial charge is 0.251 e. The Kier molecular flexibility index (Phi) is 5.73. The summed E-state index contributed by atoms with van der Waals surface area (Å²) in [5.41, 5.74) is 2.97. The maximum absolute atomic E-state index is 13.0. The van der Waals surface area contributed by atoms with E-state index in [0.29, 0.717) is 16.2 Å². The van der Waals surface area contributed by atoms with Gasteiger partial charge in [0.15, 0.2) is 5.65 Å². The first kappa shape index (κ1) is 22.3. The van der Waals surface area contributed by atoms with E-state index in [1.54, 1.807) is 18.3 Å². The number of hydrogen-bond donors (Lipinski definition) is 0. The van der Waals surface area contributed by atoms with Crippen LogP contribution in [0.25, 0.3) is 22.3 Å². The standard InChI is InChI=1S/C24H19ClF3N5O/c25-18-9-7-17(8-10-18)21-19(16-4-2-1-3-5-16)13-30-33-22(21)31-32(23(33)34)14-15-6-11-20(29-12-15)24(26,27)28/h4,6-13H,1-3,5,14H2. The highest BCUT2D eigenvalue weighted by Gasteiger charge is 2.32. The van der Waals surface area contributed by atoms with Crippen LogP contribution in [-0.4, -0.2) is 24.4 Å². The van der Waals surface area contributed by atoms with Gasteiger partial charge in [0.25, 0.3) is 0 Å². The van der Waals surface area contributed by atoms with Crippen LogP contribution in [0.1, 0.15) is 42.5 Å². The van der Waals surface area contributed by atoms with Crippen LogP contribution >= 0.6 is 11.6 Å². The van der Waals surface area contributed by atoms with Gasteiger partial charge in [-0.15, -0.1) is 5.10 Å². The average Bonchev–Trinajstić information content (AvgIpc) is 3.14. The van der Waals surface area contributed by atoms with Crippen molar-refractivity contribution in [3.63, 3.8) is 0 Å². The highest BCUT2D eigenvalue weighted by Crippen LogP contribution is 2.36. The van der Waals surface area contributed by atoms with E-state index in [2.05, 4.69) is 21.3 Å². The predicted octanol–water partition coefficient (Wildman–Crippen LogP) is 5.63. The lowest BCUT2D eigenvalue weighted by molar-refractivity contribution is -0.141. The molecule has 3 aromatic heterocycles. The van der Waals surface area contributed by atoms with Gasteiger partial charge in [-0.25, -0.2) is 9.48 Å². The molecule has 174 valence electrons. The van der Waals surface area contributed by atoms with Crippen LogP contribution in [0, 0.1) is 0 Å². The van der Waals surface area contributed by atoms with Crippen LogP contribution in [0.15, 0.2) is 59.7 Å². The van der Waals surface area contributed by atoms with Crippen molar-refractivity contribution in [1.29, 1.82) is 0 Å². The number of aromatic nitrogens is 5. The molecule has 0 aliphatic heterocycles. The molecule has 6 nitrogen and oxygen atoms in total. The molecule has 0 atom stereocenters. The van der Waals surface area contributed by atoms with Crippen LogP contribution < -0.4 is 5.69 Å². The molecule has 0 unspecified atom stereocenters. The Morgan fingerprint density at radius 3 is 2.47 bits per heavy atom. The van der Waals surface area contributed by atoms with Gasteiger partial charge >= 0.3 is 11.9 Å². The number of hydrogen-bond acceptors (Lipinski definition) is 4. The van der Waals surface area contributed by atoms with Gasteiger partial charge in [0.2, 0.25) is 0 Å². The lowest BCUT2D eigenvalue weighted by Crippen LogP contribution is -2.23. The number of halogens is 4. The Hall–Kier alpha value is -3.46. The van der Waals surface area contributed by atoms with Gasteiger partial charge in [0.1, 0.15) is 5.69 Å². The van der Waals surface area contributed by atoms with E-state index < -0.39 is 17.6 Å². The molecule has 0 saturated heterocycles. The molecule has 0 bridgehead atoms. The molecule has 4 aromatic rings. The van der Waals surface area contributed by atoms with Crippen molar-refractivity contribution in [2.75, 3.05) is 0 Å². The van der Waals surface area contributed by atoms with E-state index in [1.165, 1.54) is 15.3 Å². The summed E-state index contributed by atoms with van der Waals surface area (Å²) >= 11 is 6.09. The third kappa shape index (κ3) is 4.23. The molecule has 0 spiro atoms. The Bertz CT molecular complexity index is 1440. The van der Waals surface area contributed by atoms with Gasteiger partial charge in [0, 0.05) is 22.3 Å². The van der Waals surface area contributed by atoms with Crippen molar-refractivity contribution in [3.8, 4) is 11.1 Å². The van der Waals surface area contributed by atoms with E-state index in [0.717, 1.165) is 60.2 Å². The van der Waals surface area contributed by atoms with E-state index >= 15 is 0 Å². The number of benzene rings is 1. The van der Waals surface area contributed by atoms with Gasteiger partial charge in [0.05, 0.1) is 12.7 Å². The molecule has 3 heterocycles. The first-order valence-electron chi connectivity index (χ1n) is 10.8. The van der Waals surface area contributed by atoms with Gasteiger partial charge in [-0.3, -0.25) is 4.98 Å². The lowest BCUT2D eigenvalue weighted by Gasteiger charge is -2.16. The molecule has 1 aromatic carbocycles. The third-order valence-corrected chi connectivity index (χ3v) is 6.08. The van der Waals surface area contributed by atoms with E-state index in [1.807, 2.05) is 12.1 Å². The van der Waals surface area contributed by atoms with Gasteiger partial charge in [-0.1, -0.05) is 35.9 Å². The second-order valence-corrected chi connectivity index (χ2v) is 8.58. The summed E-state index contributed by atoms with van der Waals surface area (Å²) in [5, 5.41) is 9.47. The first-order chi connectivity index (χ1) is 16.3. The molecule has 10 heteroatoms. The fourth-order valence-corrected chi connectivity index (χ4v) is 4.27. The minimum atomic E-state index is -4.53. The summed E-state index contributed by atoms with van der Waals surface area (Å²) in [6.07, 6.45) is 4.53. The maximum Gasteiger partial charge on any atom is 0.433 e. The normalized spacial score (nSPS) is 14.4. The van der Waals surface area contributed by atoms with Gasteiger partial charge in [-0.2, -0.15) is 22.8 Å². The summed E-state index contributed by atoms with van der Waals surface area (Å²) in [4.78, 5) is 16.5. The minimum Gasteiger partial charge on any atom is -0.251 e. The average molecular weight is 486 g/mol. The quantitative estimate of drug-likeness (QED) is 0.376. The number of nitrogens with zero attached hydrogens (tertiary/aromatic N) is 5. The second kappa shape index (κ2) is 8.72. The monoisotopic (exact) mass is 485 g/mol. The molecule has 1 aliphatic rings. The Labute approximate surface area is 197 Å². The van der Waals surface area contributed by atoms with Crippen LogP contribution in [0.2, 0.25) is 5.02 Å². The molecular formula is C24H19ClF3N5O. The number of fused-ring (bicyclic) bond motifs is 1. The topological polar surface area (TPSA) is 65.1 Å². The Morgan fingerprint density at radius 1 is 1.03 bits per heavy atom. The number of pyridine rings is 1. The van der Waals surface area contributed by atoms with Crippen molar-refractivity contribution in [2.45, 2.75) is 38.4 Å². The highest BCUT2D eigenvalue weighted by molar-refractivity contribution is 6.30. The van der Waals surface area contributed by atoms with Crippen LogP contribution in [0.3, 0.4) is 0 Å². The number of rotatable bonds is 4. The number of alkyl halides is 3. The van der Waals surface area contributed by atoms with Crippen LogP contribution in [0.5, 0.6) is 0 Å². The van der Waals surface area contributed by atoms with E-state index in [-0.39, 0.29) is 6.54 Å². The maximum atomic E-state index is 13.0. The van der Waals surface area contributed by atoms with Gasteiger partial charge < -0.3 is 0 Å². The third-order valence-electron chi connectivity index (χ3n) is 5.83. The molecule has 0 saturated carbocycles. The van der Waals surface area contributed by atoms with Crippen molar-refractivity contribution in [3.05, 3.63) is 87.2 Å². The van der Waals surface area contributed by atoms with Crippen molar-refractivity contribution in [2.24, 2.45) is 0 Å². The van der Waals surface area contributed by atoms with E-state index in [9.17, 15) is 18.0 Å². The fraction of sp³-hybridized carbons (Fsp3) is 0.250. The minimum absolute atomic E-state index is 0.0363. The number of allylic oxidation sites excluding steroid dienone is 2. The summed E-state index contributed by atoms with van der Waals surface area (Å²) < 4.78 is 40.9. The highest BCUT2D eigenvalue weighted by atomic mass is 35.5. The molecule has 1 aliphatic carbocycles. The molecule has 0 fully saturated rings. The fourth-order valence-electron chi connectivity index (χ4n) is 4.15. The zero-order valence-electron chi connectivity index (χ0n) is 17.9. The van der Waals surface area contributed by atoms with Gasteiger partial charge in [-0.05, 0) is 60.6 Å². The molecule has 0 amide bonds. The van der Waals surface area contributed by atoms with Crippen LogP contribution in [-0.2, 0) is 12.7 Å².